The lowest BCUT2D eigenvalue weighted by atomic mass is 9.85. The Bertz CT molecular complexity index is 334. The molecular formula is C13H23NOS. The monoisotopic (exact) mass is 241 g/mol. The van der Waals surface area contributed by atoms with E-state index in [1.165, 1.54) is 0 Å². The van der Waals surface area contributed by atoms with Crippen molar-refractivity contribution in [1.29, 1.82) is 0 Å². The molecule has 1 heterocycles. The first-order valence-electron chi connectivity index (χ1n) is 5.86. The molecule has 1 aromatic heterocycles. The van der Waals surface area contributed by atoms with E-state index in [4.69, 9.17) is 0 Å². The topological polar surface area (TPSA) is 33.1 Å². The number of rotatable bonds is 4. The van der Waals surface area contributed by atoms with Gasteiger partial charge in [-0.3, -0.25) is 0 Å². The number of nitrogens with zero attached hydrogens (tertiary/aromatic N) is 1. The van der Waals surface area contributed by atoms with Crippen molar-refractivity contribution in [2.45, 2.75) is 52.9 Å². The Hall–Kier alpha value is -0.410. The van der Waals surface area contributed by atoms with Gasteiger partial charge >= 0.3 is 0 Å². The van der Waals surface area contributed by atoms with E-state index in [0.717, 1.165) is 23.5 Å². The van der Waals surface area contributed by atoms with Crippen LogP contribution in [-0.2, 0) is 11.8 Å². The maximum atomic E-state index is 9.39. The molecule has 1 rings (SSSR count). The Balaban J connectivity index is 2.80. The van der Waals surface area contributed by atoms with E-state index < -0.39 is 0 Å². The first-order chi connectivity index (χ1) is 7.30. The first kappa shape index (κ1) is 13.7. The molecule has 1 unspecified atom stereocenters. The SMILES string of the molecule is CCC(C)(CO)Cc1nc(C(C)(C)C)cs1. The van der Waals surface area contributed by atoms with Crippen LogP contribution in [0, 0.1) is 5.41 Å². The minimum Gasteiger partial charge on any atom is -0.396 e. The van der Waals surface area contributed by atoms with Gasteiger partial charge in [0.2, 0.25) is 0 Å². The van der Waals surface area contributed by atoms with Crippen LogP contribution in [-0.4, -0.2) is 16.7 Å². The molecule has 0 aliphatic carbocycles. The second-order valence-electron chi connectivity index (χ2n) is 5.88. The minimum atomic E-state index is -0.0208. The molecule has 0 bridgehead atoms. The lowest BCUT2D eigenvalue weighted by molar-refractivity contribution is 0.137. The highest BCUT2D eigenvalue weighted by molar-refractivity contribution is 7.09. The van der Waals surface area contributed by atoms with Crippen molar-refractivity contribution in [3.05, 3.63) is 16.1 Å². The highest BCUT2D eigenvalue weighted by atomic mass is 32.1. The van der Waals surface area contributed by atoms with E-state index in [1.807, 2.05) is 0 Å². The molecule has 3 heteroatoms. The van der Waals surface area contributed by atoms with Gasteiger partial charge in [-0.05, 0) is 11.8 Å². The lowest BCUT2D eigenvalue weighted by Crippen LogP contribution is -2.23. The molecule has 0 aliphatic rings. The molecule has 1 N–H and O–H groups in total. The van der Waals surface area contributed by atoms with E-state index >= 15 is 0 Å². The van der Waals surface area contributed by atoms with Gasteiger partial charge in [-0.25, -0.2) is 4.98 Å². The zero-order chi connectivity index (χ0) is 12.4. The summed E-state index contributed by atoms with van der Waals surface area (Å²) in [6, 6.07) is 0. The van der Waals surface area contributed by atoms with Crippen LogP contribution in [0.1, 0.15) is 51.7 Å². The van der Waals surface area contributed by atoms with Crippen LogP contribution in [0.4, 0.5) is 0 Å². The highest BCUT2D eigenvalue weighted by Crippen LogP contribution is 2.30. The van der Waals surface area contributed by atoms with Gasteiger partial charge in [-0.1, -0.05) is 34.6 Å². The largest absolute Gasteiger partial charge is 0.396 e. The number of hydrogen-bond donors (Lipinski definition) is 1. The molecule has 92 valence electrons. The van der Waals surface area contributed by atoms with Crippen LogP contribution in [0.15, 0.2) is 5.38 Å². The second-order valence-corrected chi connectivity index (χ2v) is 6.82. The maximum absolute atomic E-state index is 9.39. The number of thiazole rings is 1. The Kier molecular flexibility index (Phi) is 4.13. The summed E-state index contributed by atoms with van der Waals surface area (Å²) < 4.78 is 0. The van der Waals surface area contributed by atoms with Crippen molar-refractivity contribution < 1.29 is 5.11 Å². The standard InChI is InChI=1S/C13H23NOS/c1-6-13(5,9-15)7-11-14-10(8-16-11)12(2,3)4/h8,15H,6-7,9H2,1-5H3. The molecule has 1 aromatic rings. The molecule has 0 aromatic carbocycles. The van der Waals surface area contributed by atoms with E-state index in [0.29, 0.717) is 0 Å². The van der Waals surface area contributed by atoms with Gasteiger partial charge in [0.15, 0.2) is 0 Å². The van der Waals surface area contributed by atoms with Crippen LogP contribution in [0.2, 0.25) is 0 Å². The molecule has 16 heavy (non-hydrogen) atoms. The van der Waals surface area contributed by atoms with Crippen LogP contribution >= 0.6 is 11.3 Å². The summed E-state index contributed by atoms with van der Waals surface area (Å²) in [5.74, 6) is 0. The van der Waals surface area contributed by atoms with Crippen molar-refractivity contribution in [3.8, 4) is 0 Å². The quantitative estimate of drug-likeness (QED) is 0.876. The number of hydrogen-bond acceptors (Lipinski definition) is 3. The van der Waals surface area contributed by atoms with Crippen LogP contribution in [0.3, 0.4) is 0 Å². The summed E-state index contributed by atoms with van der Waals surface area (Å²) in [6.45, 7) is 11.0. The highest BCUT2D eigenvalue weighted by Gasteiger charge is 2.24. The van der Waals surface area contributed by atoms with E-state index in [9.17, 15) is 5.11 Å². The zero-order valence-electron chi connectivity index (χ0n) is 11.0. The molecule has 0 saturated heterocycles. The Morgan fingerprint density at radius 3 is 2.31 bits per heavy atom. The molecule has 0 saturated carbocycles. The molecule has 0 amide bonds. The van der Waals surface area contributed by atoms with E-state index in [-0.39, 0.29) is 17.4 Å². The molecule has 0 aliphatic heterocycles. The summed E-state index contributed by atoms with van der Waals surface area (Å²) >= 11 is 1.71. The van der Waals surface area contributed by atoms with Crippen molar-refractivity contribution in [2.24, 2.45) is 5.41 Å². The molecule has 2 nitrogen and oxygen atoms in total. The molecule has 0 spiro atoms. The third kappa shape index (κ3) is 3.29. The van der Waals surface area contributed by atoms with Crippen molar-refractivity contribution in [1.82, 2.24) is 4.98 Å². The smallest absolute Gasteiger partial charge is 0.0934 e. The fourth-order valence-electron chi connectivity index (χ4n) is 1.39. The summed E-state index contributed by atoms with van der Waals surface area (Å²) in [5.41, 5.74) is 1.26. The minimum absolute atomic E-state index is 0.0208. The second kappa shape index (κ2) is 4.84. The average molecular weight is 241 g/mol. The van der Waals surface area contributed by atoms with Gasteiger partial charge in [0.1, 0.15) is 0 Å². The zero-order valence-corrected chi connectivity index (χ0v) is 11.8. The number of aliphatic hydroxyl groups is 1. The van der Waals surface area contributed by atoms with Gasteiger partial charge in [0.05, 0.1) is 10.7 Å². The van der Waals surface area contributed by atoms with Crippen LogP contribution in [0.25, 0.3) is 0 Å². The fraction of sp³-hybridized carbons (Fsp3) is 0.769. The van der Waals surface area contributed by atoms with Crippen molar-refractivity contribution in [3.63, 3.8) is 0 Å². The van der Waals surface area contributed by atoms with E-state index in [1.54, 1.807) is 11.3 Å². The fourth-order valence-corrected chi connectivity index (χ4v) is 2.63. The molecule has 0 radical (unpaired) electrons. The van der Waals surface area contributed by atoms with Gasteiger partial charge < -0.3 is 5.11 Å². The molecule has 0 fully saturated rings. The van der Waals surface area contributed by atoms with Gasteiger partial charge in [0.25, 0.3) is 0 Å². The predicted molar refractivity (Wildman–Crippen MR) is 70.0 cm³/mol. The molecular weight excluding hydrogens is 218 g/mol. The summed E-state index contributed by atoms with van der Waals surface area (Å²) in [6.07, 6.45) is 1.86. The van der Waals surface area contributed by atoms with Gasteiger partial charge in [0, 0.05) is 23.8 Å². The number of aromatic nitrogens is 1. The van der Waals surface area contributed by atoms with Gasteiger partial charge in [-0.15, -0.1) is 11.3 Å². The number of aliphatic hydroxyl groups excluding tert-OH is 1. The third-order valence-electron chi connectivity index (χ3n) is 3.13. The summed E-state index contributed by atoms with van der Waals surface area (Å²) in [7, 11) is 0. The normalized spacial score (nSPS) is 16.1. The van der Waals surface area contributed by atoms with E-state index in [2.05, 4.69) is 45.0 Å². The Labute approximate surface area is 103 Å². The van der Waals surface area contributed by atoms with Gasteiger partial charge in [-0.2, -0.15) is 0 Å². The Morgan fingerprint density at radius 1 is 1.31 bits per heavy atom. The summed E-state index contributed by atoms with van der Waals surface area (Å²) in [4.78, 5) is 4.67. The first-order valence-corrected chi connectivity index (χ1v) is 6.74. The average Bonchev–Trinajstić information content (AvgIpc) is 2.65. The van der Waals surface area contributed by atoms with Crippen molar-refractivity contribution >= 4 is 11.3 Å². The third-order valence-corrected chi connectivity index (χ3v) is 3.98. The van der Waals surface area contributed by atoms with Crippen LogP contribution < -0.4 is 0 Å². The summed E-state index contributed by atoms with van der Waals surface area (Å²) in [5, 5.41) is 12.7. The van der Waals surface area contributed by atoms with Crippen molar-refractivity contribution in [2.75, 3.05) is 6.61 Å². The maximum Gasteiger partial charge on any atom is 0.0934 e. The lowest BCUT2D eigenvalue weighted by Gasteiger charge is -2.24. The molecule has 1 atom stereocenters. The van der Waals surface area contributed by atoms with Crippen LogP contribution in [0.5, 0.6) is 0 Å². The predicted octanol–water partition coefficient (Wildman–Crippen LogP) is 3.39. The Morgan fingerprint density at radius 2 is 1.94 bits per heavy atom.